The minimum atomic E-state index is -0.297. The van der Waals surface area contributed by atoms with Crippen molar-refractivity contribution in [3.05, 3.63) is 23.7 Å². The van der Waals surface area contributed by atoms with Crippen molar-refractivity contribution in [2.24, 2.45) is 0 Å². The molecule has 1 saturated heterocycles. The Morgan fingerprint density at radius 3 is 2.50 bits per heavy atom. The van der Waals surface area contributed by atoms with E-state index in [0.29, 0.717) is 45.3 Å². The molecular formula is C17H25N3O4. The molecule has 24 heavy (non-hydrogen) atoms. The molecule has 0 unspecified atom stereocenters. The molecular weight excluding hydrogens is 310 g/mol. The fourth-order valence-corrected chi connectivity index (χ4v) is 3.04. The van der Waals surface area contributed by atoms with Crippen LogP contribution in [0.3, 0.4) is 0 Å². The molecule has 1 aromatic rings. The second-order valence-corrected chi connectivity index (χ2v) is 6.50. The Balaban J connectivity index is 1.52. The molecule has 3 rings (SSSR count). The van der Waals surface area contributed by atoms with E-state index >= 15 is 0 Å². The summed E-state index contributed by atoms with van der Waals surface area (Å²) in [4.78, 5) is 29.9. The maximum atomic E-state index is 12.7. The standard InChI is InChI=1S/C17H25N3O4/c1-13-3-6-15(24-13)11-20(14-4-5-14)16(21)12-18-7-9-19(10-8-18)17(22)23-2/h3,6,14H,4-5,7-12H2,1-2H3. The molecule has 132 valence electrons. The summed E-state index contributed by atoms with van der Waals surface area (Å²) >= 11 is 0. The van der Waals surface area contributed by atoms with E-state index in [1.807, 2.05) is 24.0 Å². The number of aryl methyl sites for hydroxylation is 1. The van der Waals surface area contributed by atoms with Gasteiger partial charge in [0.1, 0.15) is 11.5 Å². The monoisotopic (exact) mass is 335 g/mol. The number of hydrogen-bond donors (Lipinski definition) is 0. The molecule has 2 heterocycles. The highest BCUT2D eigenvalue weighted by atomic mass is 16.5. The van der Waals surface area contributed by atoms with Gasteiger partial charge >= 0.3 is 6.09 Å². The summed E-state index contributed by atoms with van der Waals surface area (Å²) in [6, 6.07) is 4.21. The van der Waals surface area contributed by atoms with E-state index in [1.54, 1.807) is 4.90 Å². The van der Waals surface area contributed by atoms with Crippen LogP contribution in [0.5, 0.6) is 0 Å². The zero-order valence-electron chi connectivity index (χ0n) is 14.4. The largest absolute Gasteiger partial charge is 0.464 e. The molecule has 0 atom stereocenters. The molecule has 0 aromatic carbocycles. The first kappa shape index (κ1) is 16.8. The van der Waals surface area contributed by atoms with Crippen molar-refractivity contribution in [2.45, 2.75) is 32.4 Å². The molecule has 2 amide bonds. The predicted octanol–water partition coefficient (Wildman–Crippen LogP) is 1.46. The predicted molar refractivity (Wildman–Crippen MR) is 87.4 cm³/mol. The zero-order valence-corrected chi connectivity index (χ0v) is 14.4. The lowest BCUT2D eigenvalue weighted by Gasteiger charge is -2.34. The fourth-order valence-electron chi connectivity index (χ4n) is 3.04. The van der Waals surface area contributed by atoms with Gasteiger partial charge in [0.25, 0.3) is 0 Å². The Kier molecular flexibility index (Phi) is 5.08. The van der Waals surface area contributed by atoms with E-state index in [2.05, 4.69) is 4.90 Å². The first-order chi connectivity index (χ1) is 11.6. The van der Waals surface area contributed by atoms with Gasteiger partial charge in [0.15, 0.2) is 0 Å². The van der Waals surface area contributed by atoms with Gasteiger partial charge in [-0.25, -0.2) is 4.79 Å². The Hall–Kier alpha value is -2.02. The summed E-state index contributed by atoms with van der Waals surface area (Å²) in [7, 11) is 1.39. The quantitative estimate of drug-likeness (QED) is 0.815. The number of carbonyl (C=O) groups excluding carboxylic acids is 2. The Bertz CT molecular complexity index is 588. The molecule has 2 aliphatic rings. The Morgan fingerprint density at radius 1 is 1.25 bits per heavy atom. The first-order valence-electron chi connectivity index (χ1n) is 8.47. The van der Waals surface area contributed by atoms with Crippen LogP contribution in [0.4, 0.5) is 4.79 Å². The van der Waals surface area contributed by atoms with Crippen molar-refractivity contribution in [1.82, 2.24) is 14.7 Å². The first-order valence-corrected chi connectivity index (χ1v) is 8.47. The molecule has 1 aromatic heterocycles. The van der Waals surface area contributed by atoms with Crippen LogP contribution >= 0.6 is 0 Å². The lowest BCUT2D eigenvalue weighted by molar-refractivity contribution is -0.134. The number of nitrogens with zero attached hydrogens (tertiary/aromatic N) is 3. The lowest BCUT2D eigenvalue weighted by Crippen LogP contribution is -2.51. The van der Waals surface area contributed by atoms with Gasteiger partial charge in [0.2, 0.25) is 5.91 Å². The van der Waals surface area contributed by atoms with Gasteiger partial charge in [0.05, 0.1) is 20.2 Å². The van der Waals surface area contributed by atoms with Crippen molar-refractivity contribution in [2.75, 3.05) is 39.8 Å². The van der Waals surface area contributed by atoms with Gasteiger partial charge in [-0.2, -0.15) is 0 Å². The third-order valence-electron chi connectivity index (χ3n) is 4.59. The molecule has 7 nitrogen and oxygen atoms in total. The summed E-state index contributed by atoms with van der Waals surface area (Å²) in [5.74, 6) is 1.84. The topological polar surface area (TPSA) is 66.2 Å². The van der Waals surface area contributed by atoms with Crippen molar-refractivity contribution >= 4 is 12.0 Å². The minimum absolute atomic E-state index is 0.137. The van der Waals surface area contributed by atoms with Crippen LogP contribution in [-0.2, 0) is 16.1 Å². The van der Waals surface area contributed by atoms with Gasteiger partial charge in [-0.05, 0) is 31.9 Å². The maximum absolute atomic E-state index is 12.7. The maximum Gasteiger partial charge on any atom is 0.409 e. The molecule has 0 bridgehead atoms. The Labute approximate surface area is 142 Å². The second-order valence-electron chi connectivity index (χ2n) is 6.50. The average Bonchev–Trinajstić information content (AvgIpc) is 3.34. The van der Waals surface area contributed by atoms with Gasteiger partial charge in [-0.1, -0.05) is 0 Å². The van der Waals surface area contributed by atoms with Crippen LogP contribution in [0.1, 0.15) is 24.4 Å². The summed E-state index contributed by atoms with van der Waals surface area (Å²) in [6.07, 6.45) is 1.84. The molecule has 1 aliphatic carbocycles. The van der Waals surface area contributed by atoms with Gasteiger partial charge < -0.3 is 19.0 Å². The van der Waals surface area contributed by atoms with E-state index in [4.69, 9.17) is 9.15 Å². The van der Waals surface area contributed by atoms with E-state index in [1.165, 1.54) is 7.11 Å². The number of amides is 2. The number of carbonyl (C=O) groups is 2. The third-order valence-corrected chi connectivity index (χ3v) is 4.59. The number of furan rings is 1. The van der Waals surface area contributed by atoms with Crippen LogP contribution in [0.2, 0.25) is 0 Å². The van der Waals surface area contributed by atoms with Crippen LogP contribution in [0.15, 0.2) is 16.5 Å². The average molecular weight is 335 g/mol. The third kappa shape index (κ3) is 4.08. The number of piperazine rings is 1. The Morgan fingerprint density at radius 2 is 1.96 bits per heavy atom. The van der Waals surface area contributed by atoms with Crippen molar-refractivity contribution in [3.63, 3.8) is 0 Å². The van der Waals surface area contributed by atoms with E-state index in [-0.39, 0.29) is 12.0 Å². The number of rotatable bonds is 5. The highest BCUT2D eigenvalue weighted by Crippen LogP contribution is 2.29. The molecule has 2 fully saturated rings. The molecule has 7 heteroatoms. The summed E-state index contributed by atoms with van der Waals surface area (Å²) in [5.41, 5.74) is 0. The molecule has 0 spiro atoms. The fraction of sp³-hybridized carbons (Fsp3) is 0.647. The van der Waals surface area contributed by atoms with Gasteiger partial charge in [0, 0.05) is 32.2 Å². The highest BCUT2D eigenvalue weighted by molar-refractivity contribution is 5.79. The number of methoxy groups -OCH3 is 1. The number of ether oxygens (including phenoxy) is 1. The van der Waals surface area contributed by atoms with Crippen molar-refractivity contribution in [3.8, 4) is 0 Å². The molecule has 1 aliphatic heterocycles. The molecule has 0 radical (unpaired) electrons. The van der Waals surface area contributed by atoms with Crippen LogP contribution < -0.4 is 0 Å². The molecule has 1 saturated carbocycles. The molecule has 0 N–H and O–H groups in total. The summed E-state index contributed by atoms with van der Waals surface area (Å²) in [6.45, 7) is 5.43. The van der Waals surface area contributed by atoms with Crippen LogP contribution in [-0.4, -0.2) is 72.6 Å². The zero-order chi connectivity index (χ0) is 17.1. The summed E-state index contributed by atoms with van der Waals surface area (Å²) in [5, 5.41) is 0. The number of hydrogen-bond acceptors (Lipinski definition) is 5. The smallest absolute Gasteiger partial charge is 0.409 e. The minimum Gasteiger partial charge on any atom is -0.464 e. The van der Waals surface area contributed by atoms with Crippen LogP contribution in [0, 0.1) is 6.92 Å². The van der Waals surface area contributed by atoms with E-state index in [0.717, 1.165) is 24.4 Å². The van der Waals surface area contributed by atoms with Gasteiger partial charge in [-0.3, -0.25) is 9.69 Å². The SMILES string of the molecule is COC(=O)N1CCN(CC(=O)N(Cc2ccc(C)o2)C2CC2)CC1. The van der Waals surface area contributed by atoms with Crippen LogP contribution in [0.25, 0.3) is 0 Å². The van der Waals surface area contributed by atoms with Gasteiger partial charge in [-0.15, -0.1) is 0 Å². The lowest BCUT2D eigenvalue weighted by atomic mass is 10.3. The van der Waals surface area contributed by atoms with E-state index in [9.17, 15) is 9.59 Å². The highest BCUT2D eigenvalue weighted by Gasteiger charge is 2.34. The van der Waals surface area contributed by atoms with E-state index < -0.39 is 0 Å². The van der Waals surface area contributed by atoms with Crippen molar-refractivity contribution < 1.29 is 18.7 Å². The second kappa shape index (κ2) is 7.25. The normalized spacial score (nSPS) is 18.5. The van der Waals surface area contributed by atoms with Crippen molar-refractivity contribution in [1.29, 1.82) is 0 Å². The summed E-state index contributed by atoms with van der Waals surface area (Å²) < 4.78 is 10.4.